The highest BCUT2D eigenvalue weighted by atomic mass is 19.3. The zero-order valence-electron chi connectivity index (χ0n) is 5.54. The van der Waals surface area contributed by atoms with Gasteiger partial charge >= 0.3 is 6.11 Å². The first-order valence-electron chi connectivity index (χ1n) is 2.48. The van der Waals surface area contributed by atoms with Gasteiger partial charge in [0.2, 0.25) is 5.85 Å². The molecule has 0 heterocycles. The molecule has 1 nitrogen and oxygen atoms in total. The van der Waals surface area contributed by atoms with E-state index in [-0.39, 0.29) is 0 Å². The molecule has 0 bridgehead atoms. The van der Waals surface area contributed by atoms with Gasteiger partial charge in [0.1, 0.15) is 0 Å². The molecular weight excluding hydrogens is 133 g/mol. The Kier molecular flexibility index (Phi) is 2.11. The van der Waals surface area contributed by atoms with Gasteiger partial charge in [-0.2, -0.15) is 8.78 Å². The second-order valence-electron chi connectivity index (χ2n) is 2.27. The molecule has 0 aliphatic heterocycles. The molecule has 0 saturated heterocycles. The van der Waals surface area contributed by atoms with Gasteiger partial charge in [0.15, 0.2) is 0 Å². The highest BCUT2D eigenvalue weighted by Gasteiger charge is 2.31. The summed E-state index contributed by atoms with van der Waals surface area (Å²) in [6.07, 6.45) is -3.39. The first-order valence-corrected chi connectivity index (χ1v) is 2.48. The largest absolute Gasteiger partial charge is 0.355 e. The lowest BCUT2D eigenvalue weighted by molar-refractivity contribution is -0.309. The third-order valence-electron chi connectivity index (χ3n) is 0.422. The Morgan fingerprint density at radius 3 is 1.33 bits per heavy atom. The molecule has 56 valence electrons. The topological polar surface area (TPSA) is 9.23 Å². The molecular formula is C5H9F3O. The van der Waals surface area contributed by atoms with E-state index >= 15 is 0 Å². The van der Waals surface area contributed by atoms with Gasteiger partial charge in [-0.1, -0.05) is 0 Å². The Hall–Kier alpha value is -0.250. The number of ether oxygens (including phenoxy) is 1. The van der Waals surface area contributed by atoms with Crippen LogP contribution in [0.2, 0.25) is 0 Å². The third-order valence-corrected chi connectivity index (χ3v) is 0.422. The fourth-order valence-corrected chi connectivity index (χ4v) is 0.426. The summed E-state index contributed by atoms with van der Waals surface area (Å²) < 4.78 is 39.3. The maximum atomic E-state index is 12.2. The summed E-state index contributed by atoms with van der Waals surface area (Å²) in [7, 11) is 0. The van der Waals surface area contributed by atoms with Crippen molar-refractivity contribution in [1.82, 2.24) is 0 Å². The molecule has 0 radical (unpaired) electrons. The predicted octanol–water partition coefficient (Wildman–Crippen LogP) is 2.32. The van der Waals surface area contributed by atoms with Crippen LogP contribution >= 0.6 is 0 Å². The molecule has 0 N–H and O–H groups in total. The Bertz CT molecular complexity index is 77.4. The molecule has 0 spiro atoms. The van der Waals surface area contributed by atoms with Crippen LogP contribution in [-0.2, 0) is 4.74 Å². The normalized spacial score (nSPS) is 14.0. The van der Waals surface area contributed by atoms with E-state index in [4.69, 9.17) is 0 Å². The van der Waals surface area contributed by atoms with Crippen LogP contribution in [0.15, 0.2) is 0 Å². The van der Waals surface area contributed by atoms with Crippen LogP contribution in [0.5, 0.6) is 0 Å². The minimum Gasteiger partial charge on any atom is -0.284 e. The van der Waals surface area contributed by atoms with Crippen LogP contribution in [0, 0.1) is 0 Å². The van der Waals surface area contributed by atoms with Crippen molar-refractivity contribution in [3.63, 3.8) is 0 Å². The van der Waals surface area contributed by atoms with Gasteiger partial charge in [-0.25, -0.2) is 4.39 Å². The Labute approximate surface area is 51.8 Å². The Morgan fingerprint density at radius 2 is 1.33 bits per heavy atom. The van der Waals surface area contributed by atoms with Crippen LogP contribution in [0.1, 0.15) is 20.8 Å². The van der Waals surface area contributed by atoms with Crippen LogP contribution in [-0.4, -0.2) is 12.0 Å². The molecule has 0 aliphatic rings. The Morgan fingerprint density at radius 1 is 1.00 bits per heavy atom. The summed E-state index contributed by atoms with van der Waals surface area (Å²) in [6, 6.07) is 0. The molecule has 0 atom stereocenters. The van der Waals surface area contributed by atoms with Gasteiger partial charge in [0.25, 0.3) is 0 Å². The summed E-state index contributed by atoms with van der Waals surface area (Å²) >= 11 is 0. The second kappa shape index (κ2) is 2.17. The standard InChI is InChI=1S/C5H9F3O/c1-4(2,6)9-5(3,7)8/h1-3H3. The van der Waals surface area contributed by atoms with Crippen molar-refractivity contribution < 1.29 is 17.9 Å². The zero-order valence-corrected chi connectivity index (χ0v) is 5.54. The molecule has 0 amide bonds. The summed E-state index contributed by atoms with van der Waals surface area (Å²) in [5.74, 6) is -2.27. The monoisotopic (exact) mass is 142 g/mol. The van der Waals surface area contributed by atoms with Crippen LogP contribution < -0.4 is 0 Å². The van der Waals surface area contributed by atoms with Crippen LogP contribution in [0.25, 0.3) is 0 Å². The molecule has 0 fully saturated rings. The lowest BCUT2D eigenvalue weighted by Gasteiger charge is -2.19. The van der Waals surface area contributed by atoms with Crippen molar-refractivity contribution in [1.29, 1.82) is 0 Å². The first kappa shape index (κ1) is 8.75. The number of hydrogen-bond acceptors (Lipinski definition) is 1. The van der Waals surface area contributed by atoms with Gasteiger partial charge in [0.05, 0.1) is 0 Å². The number of hydrogen-bond donors (Lipinski definition) is 0. The van der Waals surface area contributed by atoms with E-state index in [1.165, 1.54) is 0 Å². The fraction of sp³-hybridized carbons (Fsp3) is 1.00. The predicted molar refractivity (Wildman–Crippen MR) is 26.9 cm³/mol. The van der Waals surface area contributed by atoms with Crippen molar-refractivity contribution >= 4 is 0 Å². The second-order valence-corrected chi connectivity index (χ2v) is 2.27. The smallest absolute Gasteiger partial charge is 0.284 e. The van der Waals surface area contributed by atoms with E-state index in [0.29, 0.717) is 6.92 Å². The average Bonchev–Trinajstić information content (AvgIpc) is 1.14. The van der Waals surface area contributed by atoms with Gasteiger partial charge < -0.3 is 0 Å². The van der Waals surface area contributed by atoms with E-state index in [1.54, 1.807) is 0 Å². The van der Waals surface area contributed by atoms with Crippen molar-refractivity contribution in [2.45, 2.75) is 32.7 Å². The summed E-state index contributed by atoms with van der Waals surface area (Å²) in [5, 5.41) is 0. The number of halogens is 3. The molecule has 0 aromatic rings. The van der Waals surface area contributed by atoms with E-state index in [0.717, 1.165) is 13.8 Å². The van der Waals surface area contributed by atoms with Crippen LogP contribution in [0.3, 0.4) is 0 Å². The minimum absolute atomic E-state index is 0.494. The maximum absolute atomic E-state index is 12.2. The van der Waals surface area contributed by atoms with Gasteiger partial charge in [-0.15, -0.1) is 0 Å². The minimum atomic E-state index is -3.39. The van der Waals surface area contributed by atoms with E-state index in [1.807, 2.05) is 0 Å². The van der Waals surface area contributed by atoms with E-state index in [2.05, 4.69) is 4.74 Å². The maximum Gasteiger partial charge on any atom is 0.355 e. The molecule has 0 aromatic carbocycles. The third kappa shape index (κ3) is 7.75. The highest BCUT2D eigenvalue weighted by Crippen LogP contribution is 2.23. The highest BCUT2D eigenvalue weighted by molar-refractivity contribution is 4.52. The molecule has 0 saturated carbocycles. The van der Waals surface area contributed by atoms with E-state index in [9.17, 15) is 13.2 Å². The molecule has 4 heteroatoms. The summed E-state index contributed by atoms with van der Waals surface area (Å²) in [6.45, 7) is 2.34. The quantitative estimate of drug-likeness (QED) is 0.574. The summed E-state index contributed by atoms with van der Waals surface area (Å²) in [4.78, 5) is 0. The van der Waals surface area contributed by atoms with Crippen molar-refractivity contribution in [2.24, 2.45) is 0 Å². The SMILES string of the molecule is CC(C)(F)OC(C)(F)F. The lowest BCUT2D eigenvalue weighted by Crippen LogP contribution is -2.28. The van der Waals surface area contributed by atoms with Gasteiger partial charge in [-0.3, -0.25) is 4.74 Å². The molecule has 0 rings (SSSR count). The first-order chi connectivity index (χ1) is 3.71. The lowest BCUT2D eigenvalue weighted by atomic mass is 10.4. The average molecular weight is 142 g/mol. The molecule has 9 heavy (non-hydrogen) atoms. The van der Waals surface area contributed by atoms with Crippen molar-refractivity contribution in [2.75, 3.05) is 0 Å². The molecule has 0 aliphatic carbocycles. The van der Waals surface area contributed by atoms with E-state index < -0.39 is 12.0 Å². The summed E-state index contributed by atoms with van der Waals surface area (Å²) in [5.41, 5.74) is 0. The zero-order chi connectivity index (χ0) is 7.71. The Balaban J connectivity index is 3.75. The molecule has 0 aromatic heterocycles. The van der Waals surface area contributed by atoms with Crippen LogP contribution in [0.4, 0.5) is 13.2 Å². The van der Waals surface area contributed by atoms with Gasteiger partial charge in [0, 0.05) is 6.92 Å². The number of alkyl halides is 3. The molecule has 0 unspecified atom stereocenters. The number of rotatable bonds is 2. The van der Waals surface area contributed by atoms with Crippen molar-refractivity contribution in [3.05, 3.63) is 0 Å². The van der Waals surface area contributed by atoms with Crippen molar-refractivity contribution in [3.8, 4) is 0 Å². The fourth-order valence-electron chi connectivity index (χ4n) is 0.426. The van der Waals surface area contributed by atoms with Gasteiger partial charge in [-0.05, 0) is 13.8 Å².